The Hall–Kier alpha value is -0.0100. The highest BCUT2D eigenvalue weighted by molar-refractivity contribution is 7.12. The molecule has 0 saturated heterocycles. The lowest BCUT2D eigenvalue weighted by Gasteiger charge is -2.09. The first-order valence-electron chi connectivity index (χ1n) is 4.30. The van der Waals surface area contributed by atoms with Crippen molar-refractivity contribution in [2.24, 2.45) is 0 Å². The molecule has 0 aromatic carbocycles. The van der Waals surface area contributed by atoms with Gasteiger partial charge in [0.15, 0.2) is 0 Å². The predicted octanol–water partition coefficient (Wildman–Crippen LogP) is 4.18. The topological polar surface area (TPSA) is 0 Å². The van der Waals surface area contributed by atoms with Crippen LogP contribution in [0.2, 0.25) is 0 Å². The highest BCUT2D eigenvalue weighted by Gasteiger charge is 2.10. The molecule has 0 saturated carbocycles. The van der Waals surface area contributed by atoms with Crippen molar-refractivity contribution in [3.8, 4) is 0 Å². The molecule has 1 aromatic heterocycles. The quantitative estimate of drug-likeness (QED) is 0.646. The van der Waals surface area contributed by atoms with E-state index < -0.39 is 0 Å². The number of aryl methyl sites for hydroxylation is 1. The number of rotatable bonds is 3. The van der Waals surface area contributed by atoms with E-state index in [1.807, 2.05) is 11.3 Å². The molecule has 68 valence electrons. The lowest BCUT2D eigenvalue weighted by atomic mass is 10.0. The first-order valence-corrected chi connectivity index (χ1v) is 5.55. The fourth-order valence-corrected chi connectivity index (χ4v) is 2.53. The SMILES string of the molecule is Cc1ccc(C(C)CC(C)Cl)s1. The molecule has 1 rings (SSSR count). The summed E-state index contributed by atoms with van der Waals surface area (Å²) in [5.41, 5.74) is 0. The van der Waals surface area contributed by atoms with Gasteiger partial charge in [0.1, 0.15) is 0 Å². The van der Waals surface area contributed by atoms with E-state index in [4.69, 9.17) is 11.6 Å². The van der Waals surface area contributed by atoms with Crippen LogP contribution in [0.3, 0.4) is 0 Å². The summed E-state index contributed by atoms with van der Waals surface area (Å²) in [6.45, 7) is 6.44. The monoisotopic (exact) mass is 202 g/mol. The molecule has 0 fully saturated rings. The summed E-state index contributed by atoms with van der Waals surface area (Å²) < 4.78 is 0. The van der Waals surface area contributed by atoms with Crippen molar-refractivity contribution in [1.29, 1.82) is 0 Å². The minimum atomic E-state index is 0.280. The molecule has 0 amide bonds. The highest BCUT2D eigenvalue weighted by Crippen LogP contribution is 2.28. The predicted molar refractivity (Wildman–Crippen MR) is 57.4 cm³/mol. The second kappa shape index (κ2) is 4.29. The zero-order valence-corrected chi connectivity index (χ0v) is 9.38. The molecule has 1 heterocycles. The van der Waals surface area contributed by atoms with Gasteiger partial charge >= 0.3 is 0 Å². The van der Waals surface area contributed by atoms with Crippen LogP contribution >= 0.6 is 22.9 Å². The van der Waals surface area contributed by atoms with Gasteiger partial charge in [0, 0.05) is 15.1 Å². The van der Waals surface area contributed by atoms with Crippen LogP contribution in [-0.4, -0.2) is 5.38 Å². The van der Waals surface area contributed by atoms with Crippen LogP contribution in [0.25, 0.3) is 0 Å². The van der Waals surface area contributed by atoms with E-state index in [1.54, 1.807) is 0 Å². The molecular formula is C10H15ClS. The molecule has 2 heteroatoms. The summed E-state index contributed by atoms with van der Waals surface area (Å²) >= 11 is 7.81. The number of alkyl halides is 1. The van der Waals surface area contributed by atoms with E-state index in [0.717, 1.165) is 6.42 Å². The summed E-state index contributed by atoms with van der Waals surface area (Å²) in [4.78, 5) is 2.85. The van der Waals surface area contributed by atoms with Crippen molar-refractivity contribution in [3.63, 3.8) is 0 Å². The molecule has 2 atom stereocenters. The summed E-state index contributed by atoms with van der Waals surface area (Å²) in [7, 11) is 0. The van der Waals surface area contributed by atoms with Gasteiger partial charge in [-0.15, -0.1) is 22.9 Å². The fourth-order valence-electron chi connectivity index (χ4n) is 1.32. The lowest BCUT2D eigenvalue weighted by Crippen LogP contribution is -1.98. The Bertz CT molecular complexity index is 240. The van der Waals surface area contributed by atoms with Crippen molar-refractivity contribution >= 4 is 22.9 Å². The van der Waals surface area contributed by atoms with E-state index in [2.05, 4.69) is 32.9 Å². The maximum atomic E-state index is 5.93. The first kappa shape index (κ1) is 10.1. The minimum Gasteiger partial charge on any atom is -0.145 e. The smallest absolute Gasteiger partial charge is 0.0313 e. The van der Waals surface area contributed by atoms with Crippen LogP contribution in [-0.2, 0) is 0 Å². The average molecular weight is 203 g/mol. The Morgan fingerprint density at radius 2 is 2.08 bits per heavy atom. The maximum absolute atomic E-state index is 5.93. The van der Waals surface area contributed by atoms with Crippen molar-refractivity contribution in [2.45, 2.75) is 38.5 Å². The average Bonchev–Trinajstić information content (AvgIpc) is 2.34. The summed E-state index contributed by atoms with van der Waals surface area (Å²) in [6, 6.07) is 4.39. The molecular weight excluding hydrogens is 188 g/mol. The molecule has 1 aromatic rings. The number of halogens is 1. The molecule has 0 radical (unpaired) electrons. The van der Waals surface area contributed by atoms with E-state index >= 15 is 0 Å². The summed E-state index contributed by atoms with van der Waals surface area (Å²) in [5, 5.41) is 0.280. The first-order chi connectivity index (χ1) is 5.59. The van der Waals surface area contributed by atoms with Gasteiger partial charge in [0.25, 0.3) is 0 Å². The second-order valence-electron chi connectivity index (χ2n) is 3.37. The Kier molecular flexibility index (Phi) is 3.60. The van der Waals surface area contributed by atoms with Crippen LogP contribution in [0.5, 0.6) is 0 Å². The van der Waals surface area contributed by atoms with Gasteiger partial charge in [-0.25, -0.2) is 0 Å². The largest absolute Gasteiger partial charge is 0.145 e. The third-order valence-electron chi connectivity index (χ3n) is 1.93. The molecule has 0 aliphatic heterocycles. The fraction of sp³-hybridized carbons (Fsp3) is 0.600. The minimum absolute atomic E-state index is 0.280. The van der Waals surface area contributed by atoms with Crippen molar-refractivity contribution in [3.05, 3.63) is 21.9 Å². The van der Waals surface area contributed by atoms with Gasteiger partial charge in [-0.1, -0.05) is 6.92 Å². The van der Waals surface area contributed by atoms with E-state index in [9.17, 15) is 0 Å². The zero-order chi connectivity index (χ0) is 9.14. The van der Waals surface area contributed by atoms with E-state index in [-0.39, 0.29) is 5.38 Å². The molecule has 0 aliphatic carbocycles. The van der Waals surface area contributed by atoms with E-state index in [0.29, 0.717) is 5.92 Å². The molecule has 12 heavy (non-hydrogen) atoms. The third kappa shape index (κ3) is 2.80. The van der Waals surface area contributed by atoms with Gasteiger partial charge < -0.3 is 0 Å². The molecule has 0 spiro atoms. The zero-order valence-electron chi connectivity index (χ0n) is 7.80. The summed E-state index contributed by atoms with van der Waals surface area (Å²) in [6.07, 6.45) is 1.07. The standard InChI is InChI=1S/C10H15ClS/c1-7(6-8(2)11)10-5-4-9(3)12-10/h4-5,7-8H,6H2,1-3H3. The normalized spacial score (nSPS) is 16.0. The Balaban J connectivity index is 2.58. The lowest BCUT2D eigenvalue weighted by molar-refractivity contribution is 0.681. The van der Waals surface area contributed by atoms with Crippen molar-refractivity contribution in [2.75, 3.05) is 0 Å². The van der Waals surface area contributed by atoms with Crippen LogP contribution in [0.1, 0.15) is 35.9 Å². The van der Waals surface area contributed by atoms with Gasteiger partial charge in [-0.05, 0) is 38.3 Å². The third-order valence-corrected chi connectivity index (χ3v) is 3.34. The number of hydrogen-bond acceptors (Lipinski definition) is 1. The number of hydrogen-bond donors (Lipinski definition) is 0. The second-order valence-corrected chi connectivity index (χ2v) is 5.43. The van der Waals surface area contributed by atoms with Gasteiger partial charge in [-0.2, -0.15) is 0 Å². The van der Waals surface area contributed by atoms with Crippen LogP contribution in [0, 0.1) is 6.92 Å². The van der Waals surface area contributed by atoms with Crippen molar-refractivity contribution in [1.82, 2.24) is 0 Å². The Morgan fingerprint density at radius 1 is 1.42 bits per heavy atom. The van der Waals surface area contributed by atoms with Crippen LogP contribution < -0.4 is 0 Å². The van der Waals surface area contributed by atoms with Crippen molar-refractivity contribution < 1.29 is 0 Å². The maximum Gasteiger partial charge on any atom is 0.0313 e. The molecule has 0 aliphatic rings. The van der Waals surface area contributed by atoms with Gasteiger partial charge in [0.05, 0.1) is 0 Å². The van der Waals surface area contributed by atoms with Gasteiger partial charge in [-0.3, -0.25) is 0 Å². The Labute approximate surface area is 83.6 Å². The summed E-state index contributed by atoms with van der Waals surface area (Å²) in [5.74, 6) is 0.608. The van der Waals surface area contributed by atoms with Crippen LogP contribution in [0.4, 0.5) is 0 Å². The molecule has 2 unspecified atom stereocenters. The van der Waals surface area contributed by atoms with Crippen LogP contribution in [0.15, 0.2) is 12.1 Å². The molecule has 0 N–H and O–H groups in total. The molecule has 0 bridgehead atoms. The van der Waals surface area contributed by atoms with E-state index in [1.165, 1.54) is 9.75 Å². The highest BCUT2D eigenvalue weighted by atomic mass is 35.5. The van der Waals surface area contributed by atoms with Gasteiger partial charge in [0.2, 0.25) is 0 Å². The number of thiophene rings is 1. The molecule has 0 nitrogen and oxygen atoms in total. The Morgan fingerprint density at radius 3 is 2.50 bits per heavy atom.